The van der Waals surface area contributed by atoms with Crippen LogP contribution in [0, 0.1) is 5.92 Å². The summed E-state index contributed by atoms with van der Waals surface area (Å²) in [6, 6.07) is 16.2. The lowest BCUT2D eigenvalue weighted by Crippen LogP contribution is -2.44. The van der Waals surface area contributed by atoms with Crippen LogP contribution in [0.2, 0.25) is 0 Å². The van der Waals surface area contributed by atoms with E-state index in [1.54, 1.807) is 7.11 Å². The number of anilines is 2. The Bertz CT molecular complexity index is 1050. The van der Waals surface area contributed by atoms with E-state index in [4.69, 9.17) is 9.26 Å². The summed E-state index contributed by atoms with van der Waals surface area (Å²) in [5, 5.41) is 4.13. The van der Waals surface area contributed by atoms with Gasteiger partial charge in [-0.3, -0.25) is 4.79 Å². The van der Waals surface area contributed by atoms with Gasteiger partial charge in [0.2, 0.25) is 11.7 Å². The molecule has 2 aliphatic heterocycles. The molecule has 1 fully saturated rings. The number of benzene rings is 2. The summed E-state index contributed by atoms with van der Waals surface area (Å²) in [5.41, 5.74) is 3.17. The summed E-state index contributed by atoms with van der Waals surface area (Å²) in [6.07, 6.45) is 2.73. The predicted molar refractivity (Wildman–Crippen MR) is 114 cm³/mol. The third-order valence-electron chi connectivity index (χ3n) is 5.96. The summed E-state index contributed by atoms with van der Waals surface area (Å²) in [6.45, 7) is 2.17. The highest BCUT2D eigenvalue weighted by atomic mass is 16.5. The van der Waals surface area contributed by atoms with Gasteiger partial charge in [-0.25, -0.2) is 0 Å². The van der Waals surface area contributed by atoms with E-state index < -0.39 is 0 Å². The minimum Gasteiger partial charge on any atom is -0.497 e. The molecule has 1 unspecified atom stereocenters. The number of carbonyl (C=O) groups excluding carboxylic acids is 1. The molecule has 7 heteroatoms. The standard InChI is InChI=1S/C23H24N4O3/c1-29-19-10-8-17(9-11-19)21-24-23(30-25-21)26-13-4-6-18(15-26)22(28)27-14-12-16-5-2-3-7-20(16)27/h2-3,5,7-11,18H,4,6,12-15H2,1H3. The van der Waals surface area contributed by atoms with Crippen LogP contribution < -0.4 is 14.5 Å². The van der Waals surface area contributed by atoms with E-state index in [2.05, 4.69) is 16.2 Å². The molecule has 0 saturated carbocycles. The number of hydrogen-bond acceptors (Lipinski definition) is 6. The van der Waals surface area contributed by atoms with Gasteiger partial charge in [0, 0.05) is 30.9 Å². The van der Waals surface area contributed by atoms with Crippen LogP contribution in [-0.2, 0) is 11.2 Å². The molecule has 1 atom stereocenters. The number of para-hydroxylation sites is 1. The Kier molecular flexibility index (Phi) is 4.86. The second kappa shape index (κ2) is 7.82. The van der Waals surface area contributed by atoms with E-state index >= 15 is 0 Å². The fourth-order valence-corrected chi connectivity index (χ4v) is 4.34. The molecule has 3 heterocycles. The molecule has 5 rings (SSSR count). The van der Waals surface area contributed by atoms with Gasteiger partial charge in [-0.15, -0.1) is 0 Å². The number of aromatic nitrogens is 2. The van der Waals surface area contributed by atoms with Gasteiger partial charge in [-0.2, -0.15) is 4.98 Å². The maximum absolute atomic E-state index is 13.2. The van der Waals surface area contributed by atoms with Crippen molar-refractivity contribution in [3.8, 4) is 17.1 Å². The van der Waals surface area contributed by atoms with Crippen molar-refractivity contribution in [2.75, 3.05) is 36.5 Å². The quantitative estimate of drug-likeness (QED) is 0.662. The fourth-order valence-electron chi connectivity index (χ4n) is 4.34. The normalized spacial score (nSPS) is 18.4. The number of hydrogen-bond donors (Lipinski definition) is 0. The first-order chi connectivity index (χ1) is 14.7. The summed E-state index contributed by atoms with van der Waals surface area (Å²) in [5.74, 6) is 1.44. The van der Waals surface area contributed by atoms with Crippen LogP contribution in [0.5, 0.6) is 5.75 Å². The van der Waals surface area contributed by atoms with Crippen LogP contribution in [0.25, 0.3) is 11.4 Å². The van der Waals surface area contributed by atoms with Gasteiger partial charge in [0.1, 0.15) is 5.75 Å². The Morgan fingerprint density at radius 2 is 1.97 bits per heavy atom. The Labute approximate surface area is 175 Å². The molecule has 2 aromatic carbocycles. The van der Waals surface area contributed by atoms with Crippen molar-refractivity contribution >= 4 is 17.6 Å². The minimum atomic E-state index is -0.0683. The zero-order valence-corrected chi connectivity index (χ0v) is 17.0. The lowest BCUT2D eigenvalue weighted by atomic mass is 9.96. The number of ether oxygens (including phenoxy) is 1. The highest BCUT2D eigenvalue weighted by molar-refractivity contribution is 5.97. The molecule has 0 N–H and O–H groups in total. The number of methoxy groups -OCH3 is 1. The fraction of sp³-hybridized carbons (Fsp3) is 0.348. The Hall–Kier alpha value is -3.35. The first-order valence-corrected chi connectivity index (χ1v) is 10.4. The van der Waals surface area contributed by atoms with Gasteiger partial charge in [-0.05, 0) is 55.2 Å². The Balaban J connectivity index is 1.30. The van der Waals surface area contributed by atoms with E-state index in [0.717, 1.165) is 49.4 Å². The average Bonchev–Trinajstić information content (AvgIpc) is 3.46. The lowest BCUT2D eigenvalue weighted by molar-refractivity contribution is -0.122. The minimum absolute atomic E-state index is 0.0683. The van der Waals surface area contributed by atoms with Crippen molar-refractivity contribution in [3.63, 3.8) is 0 Å². The SMILES string of the molecule is COc1ccc(-c2noc(N3CCCC(C(=O)N4CCc5ccccc54)C3)n2)cc1. The molecule has 154 valence electrons. The number of fused-ring (bicyclic) bond motifs is 1. The van der Waals surface area contributed by atoms with Crippen LogP contribution in [0.4, 0.5) is 11.7 Å². The van der Waals surface area contributed by atoms with E-state index in [1.807, 2.05) is 52.3 Å². The van der Waals surface area contributed by atoms with Gasteiger partial charge in [-0.1, -0.05) is 23.4 Å². The maximum Gasteiger partial charge on any atom is 0.324 e. The van der Waals surface area contributed by atoms with Crippen molar-refractivity contribution in [1.82, 2.24) is 10.1 Å². The molecule has 0 radical (unpaired) electrons. The molecule has 1 amide bonds. The summed E-state index contributed by atoms with van der Waals surface area (Å²) in [7, 11) is 1.64. The van der Waals surface area contributed by atoms with E-state index in [9.17, 15) is 4.79 Å². The Morgan fingerprint density at radius 1 is 1.13 bits per heavy atom. The molecular formula is C23H24N4O3. The van der Waals surface area contributed by atoms with Gasteiger partial charge >= 0.3 is 6.01 Å². The number of rotatable bonds is 4. The first-order valence-electron chi connectivity index (χ1n) is 10.4. The van der Waals surface area contributed by atoms with Crippen molar-refractivity contribution in [3.05, 3.63) is 54.1 Å². The van der Waals surface area contributed by atoms with Gasteiger partial charge in [0.05, 0.1) is 13.0 Å². The van der Waals surface area contributed by atoms with Crippen LogP contribution >= 0.6 is 0 Å². The summed E-state index contributed by atoms with van der Waals surface area (Å²) in [4.78, 5) is 21.8. The maximum atomic E-state index is 13.2. The van der Waals surface area contributed by atoms with Crippen LogP contribution in [-0.4, -0.2) is 42.8 Å². The third-order valence-corrected chi connectivity index (χ3v) is 5.96. The van der Waals surface area contributed by atoms with Crippen LogP contribution in [0.1, 0.15) is 18.4 Å². The molecule has 1 aromatic heterocycles. The first kappa shape index (κ1) is 18.7. The number of piperidine rings is 1. The predicted octanol–water partition coefficient (Wildman–Crippen LogP) is 3.55. The third kappa shape index (κ3) is 3.40. The molecule has 0 aliphatic carbocycles. The molecule has 30 heavy (non-hydrogen) atoms. The van der Waals surface area contributed by atoms with E-state index in [-0.39, 0.29) is 11.8 Å². The number of amides is 1. The topological polar surface area (TPSA) is 71.7 Å². The van der Waals surface area contributed by atoms with E-state index in [1.165, 1.54) is 5.56 Å². The Morgan fingerprint density at radius 3 is 2.80 bits per heavy atom. The molecule has 2 aliphatic rings. The molecule has 1 saturated heterocycles. The van der Waals surface area contributed by atoms with Crippen LogP contribution in [0.3, 0.4) is 0 Å². The summed E-state index contributed by atoms with van der Waals surface area (Å²) < 4.78 is 10.7. The second-order valence-corrected chi connectivity index (χ2v) is 7.78. The molecule has 3 aromatic rings. The highest BCUT2D eigenvalue weighted by Crippen LogP contribution is 2.32. The zero-order valence-electron chi connectivity index (χ0n) is 17.0. The molecular weight excluding hydrogens is 380 g/mol. The van der Waals surface area contributed by atoms with Crippen molar-refractivity contribution < 1.29 is 14.1 Å². The molecule has 0 spiro atoms. The molecule has 7 nitrogen and oxygen atoms in total. The van der Waals surface area contributed by atoms with Gasteiger partial charge in [0.15, 0.2) is 0 Å². The zero-order chi connectivity index (χ0) is 20.5. The van der Waals surface area contributed by atoms with Crippen molar-refractivity contribution in [2.24, 2.45) is 5.92 Å². The smallest absolute Gasteiger partial charge is 0.324 e. The lowest BCUT2D eigenvalue weighted by Gasteiger charge is -2.32. The van der Waals surface area contributed by atoms with E-state index in [0.29, 0.717) is 18.4 Å². The van der Waals surface area contributed by atoms with Crippen molar-refractivity contribution in [2.45, 2.75) is 19.3 Å². The number of carbonyl (C=O) groups is 1. The largest absolute Gasteiger partial charge is 0.497 e. The second-order valence-electron chi connectivity index (χ2n) is 7.78. The van der Waals surface area contributed by atoms with Gasteiger partial charge < -0.3 is 19.1 Å². The molecule has 0 bridgehead atoms. The highest BCUT2D eigenvalue weighted by Gasteiger charge is 2.34. The number of nitrogens with zero attached hydrogens (tertiary/aromatic N) is 4. The summed E-state index contributed by atoms with van der Waals surface area (Å²) >= 11 is 0. The average molecular weight is 404 g/mol. The van der Waals surface area contributed by atoms with Crippen LogP contribution in [0.15, 0.2) is 53.1 Å². The van der Waals surface area contributed by atoms with Gasteiger partial charge in [0.25, 0.3) is 0 Å². The van der Waals surface area contributed by atoms with Crippen molar-refractivity contribution in [1.29, 1.82) is 0 Å². The monoisotopic (exact) mass is 404 g/mol.